The van der Waals surface area contributed by atoms with Crippen molar-refractivity contribution in [3.05, 3.63) is 118 Å². The number of benzene rings is 4. The number of amides is 2. The molecule has 1 unspecified atom stereocenters. The Kier molecular flexibility index (Phi) is 12.7. The van der Waals surface area contributed by atoms with E-state index in [1.165, 1.54) is 37.3 Å². The fourth-order valence-electron chi connectivity index (χ4n) is 5.10. The molecule has 0 saturated heterocycles. The van der Waals surface area contributed by atoms with E-state index < -0.39 is 28.5 Å². The van der Waals surface area contributed by atoms with Crippen molar-refractivity contribution in [1.82, 2.24) is 10.2 Å². The van der Waals surface area contributed by atoms with Gasteiger partial charge in [-0.25, -0.2) is 8.42 Å². The van der Waals surface area contributed by atoms with Crippen molar-refractivity contribution in [3.63, 3.8) is 0 Å². The Balaban J connectivity index is 1.85. The smallest absolute Gasteiger partial charge is 0.264 e. The van der Waals surface area contributed by atoms with Gasteiger partial charge in [0.2, 0.25) is 11.8 Å². The van der Waals surface area contributed by atoms with Gasteiger partial charge in [0.05, 0.1) is 34.8 Å². The molecule has 4 aromatic carbocycles. The SMILES string of the molecule is CCCNC(=O)C(Cc1ccccc1)N(Cc1ccc(Cl)c(Cl)c1)C(=O)CN(c1ccc(OC)c(OC)c1)S(=O)(=O)c1ccc(C)cc1. The summed E-state index contributed by atoms with van der Waals surface area (Å²) in [4.78, 5) is 29.8. The summed E-state index contributed by atoms with van der Waals surface area (Å²) in [5.41, 5.74) is 2.48. The highest BCUT2D eigenvalue weighted by molar-refractivity contribution is 7.92. The van der Waals surface area contributed by atoms with Crippen LogP contribution in [-0.2, 0) is 32.6 Å². The second-order valence-corrected chi connectivity index (χ2v) is 13.8. The number of methoxy groups -OCH3 is 2. The van der Waals surface area contributed by atoms with Gasteiger partial charge in [-0.1, -0.05) is 84.2 Å². The molecule has 0 heterocycles. The van der Waals surface area contributed by atoms with Crippen molar-refractivity contribution in [2.75, 3.05) is 31.6 Å². The zero-order chi connectivity index (χ0) is 34.8. The van der Waals surface area contributed by atoms with E-state index >= 15 is 0 Å². The van der Waals surface area contributed by atoms with Crippen LogP contribution in [0, 0.1) is 6.92 Å². The van der Waals surface area contributed by atoms with E-state index in [4.69, 9.17) is 32.7 Å². The number of carbonyl (C=O) groups is 2. The van der Waals surface area contributed by atoms with Crippen LogP contribution in [0.3, 0.4) is 0 Å². The van der Waals surface area contributed by atoms with E-state index in [1.807, 2.05) is 44.2 Å². The first-order chi connectivity index (χ1) is 23.0. The molecular weight excluding hydrogens is 673 g/mol. The largest absolute Gasteiger partial charge is 0.493 e. The van der Waals surface area contributed by atoms with Gasteiger partial charge in [0.25, 0.3) is 10.0 Å². The minimum absolute atomic E-state index is 0.00626. The molecule has 1 N–H and O–H groups in total. The molecule has 0 spiro atoms. The van der Waals surface area contributed by atoms with Gasteiger partial charge in [-0.15, -0.1) is 0 Å². The lowest BCUT2D eigenvalue weighted by Gasteiger charge is -2.34. The van der Waals surface area contributed by atoms with Crippen LogP contribution in [0.5, 0.6) is 11.5 Å². The molecule has 4 rings (SSSR count). The summed E-state index contributed by atoms with van der Waals surface area (Å²) in [5, 5.41) is 3.55. The molecule has 0 fully saturated rings. The van der Waals surface area contributed by atoms with Crippen LogP contribution in [0.25, 0.3) is 0 Å². The number of anilines is 1. The lowest BCUT2D eigenvalue weighted by molar-refractivity contribution is -0.140. The number of hydrogen-bond donors (Lipinski definition) is 1. The van der Waals surface area contributed by atoms with Crippen molar-refractivity contribution in [3.8, 4) is 11.5 Å². The van der Waals surface area contributed by atoms with E-state index in [9.17, 15) is 18.0 Å². The van der Waals surface area contributed by atoms with Crippen LogP contribution < -0.4 is 19.1 Å². The van der Waals surface area contributed by atoms with E-state index in [2.05, 4.69) is 5.32 Å². The van der Waals surface area contributed by atoms with Crippen LogP contribution in [-0.4, -0.2) is 58.5 Å². The highest BCUT2D eigenvalue weighted by atomic mass is 35.5. The van der Waals surface area contributed by atoms with E-state index in [0.29, 0.717) is 29.3 Å². The first-order valence-corrected chi connectivity index (χ1v) is 17.5. The molecule has 4 aromatic rings. The van der Waals surface area contributed by atoms with Gasteiger partial charge >= 0.3 is 0 Å². The Morgan fingerprint density at radius 3 is 2.15 bits per heavy atom. The Hall–Kier alpha value is -4.25. The Bertz CT molecular complexity index is 1820. The average molecular weight is 713 g/mol. The van der Waals surface area contributed by atoms with Crippen molar-refractivity contribution in [2.24, 2.45) is 0 Å². The molecule has 0 aliphatic rings. The molecule has 9 nitrogen and oxygen atoms in total. The van der Waals surface area contributed by atoms with E-state index in [1.54, 1.807) is 42.5 Å². The summed E-state index contributed by atoms with van der Waals surface area (Å²) in [6.45, 7) is 3.51. The number of rotatable bonds is 15. The zero-order valence-corrected chi connectivity index (χ0v) is 29.6. The summed E-state index contributed by atoms with van der Waals surface area (Å²) >= 11 is 12.5. The summed E-state index contributed by atoms with van der Waals surface area (Å²) < 4.78 is 40.5. The molecule has 254 valence electrons. The number of halogens is 2. The predicted octanol–water partition coefficient (Wildman–Crippen LogP) is 6.68. The maximum Gasteiger partial charge on any atom is 0.264 e. The quantitative estimate of drug-likeness (QED) is 0.148. The third-order valence-electron chi connectivity index (χ3n) is 7.70. The number of ether oxygens (including phenoxy) is 2. The number of carbonyl (C=O) groups excluding carboxylic acids is 2. The van der Waals surface area contributed by atoms with Crippen LogP contribution in [0.2, 0.25) is 10.0 Å². The van der Waals surface area contributed by atoms with E-state index in [0.717, 1.165) is 15.4 Å². The second kappa shape index (κ2) is 16.7. The normalized spacial score (nSPS) is 11.8. The molecule has 0 aliphatic carbocycles. The molecule has 1 atom stereocenters. The van der Waals surface area contributed by atoms with E-state index in [-0.39, 0.29) is 40.2 Å². The fraction of sp³-hybridized carbons (Fsp3) is 0.278. The monoisotopic (exact) mass is 711 g/mol. The molecular formula is C36H39Cl2N3O6S. The zero-order valence-electron chi connectivity index (χ0n) is 27.3. The number of nitrogens with zero attached hydrogens (tertiary/aromatic N) is 2. The Labute approximate surface area is 292 Å². The average Bonchev–Trinajstić information content (AvgIpc) is 3.09. The molecule has 12 heteroatoms. The van der Waals surface area contributed by atoms with Crippen LogP contribution in [0.15, 0.2) is 95.9 Å². The van der Waals surface area contributed by atoms with Crippen LogP contribution in [0.1, 0.15) is 30.0 Å². The van der Waals surface area contributed by atoms with Crippen molar-refractivity contribution < 1.29 is 27.5 Å². The highest BCUT2D eigenvalue weighted by Gasteiger charge is 2.35. The maximum atomic E-state index is 14.6. The first-order valence-electron chi connectivity index (χ1n) is 15.3. The number of sulfonamides is 1. The molecule has 0 bridgehead atoms. The van der Waals surface area contributed by atoms with Crippen molar-refractivity contribution in [1.29, 1.82) is 0 Å². The minimum atomic E-state index is -4.30. The third kappa shape index (κ3) is 9.00. The standard InChI is InChI=1S/C36H39Cl2N3O6S/c1-5-19-39-36(43)32(21-26-9-7-6-8-10-26)40(23-27-13-17-30(37)31(38)20-27)35(42)24-41(28-14-18-33(46-3)34(22-28)47-4)48(44,45)29-15-11-25(2)12-16-29/h6-18,20,22,32H,5,19,21,23-24H2,1-4H3,(H,39,43). The lowest BCUT2D eigenvalue weighted by atomic mass is 10.0. The van der Waals surface area contributed by atoms with Gasteiger partial charge in [0.15, 0.2) is 11.5 Å². The first kappa shape index (κ1) is 36.6. The van der Waals surface area contributed by atoms with Crippen LogP contribution in [0.4, 0.5) is 5.69 Å². The lowest BCUT2D eigenvalue weighted by Crippen LogP contribution is -2.53. The Morgan fingerprint density at radius 2 is 1.52 bits per heavy atom. The number of hydrogen-bond acceptors (Lipinski definition) is 6. The summed E-state index contributed by atoms with van der Waals surface area (Å²) in [5.74, 6) is -0.315. The molecule has 0 radical (unpaired) electrons. The maximum absolute atomic E-state index is 14.6. The predicted molar refractivity (Wildman–Crippen MR) is 190 cm³/mol. The summed E-state index contributed by atoms with van der Waals surface area (Å²) in [6, 6.07) is 24.3. The molecule has 0 aliphatic heterocycles. The molecule has 48 heavy (non-hydrogen) atoms. The third-order valence-corrected chi connectivity index (χ3v) is 10.2. The van der Waals surface area contributed by atoms with Crippen molar-refractivity contribution >= 4 is 50.7 Å². The number of nitrogens with one attached hydrogen (secondary N) is 1. The molecule has 0 saturated carbocycles. The Morgan fingerprint density at radius 1 is 0.833 bits per heavy atom. The molecule has 2 amide bonds. The fourth-order valence-corrected chi connectivity index (χ4v) is 6.83. The number of aryl methyl sites for hydroxylation is 1. The second-order valence-electron chi connectivity index (χ2n) is 11.1. The summed E-state index contributed by atoms with van der Waals surface area (Å²) in [6.07, 6.45) is 0.872. The van der Waals surface area contributed by atoms with Gasteiger partial charge < -0.3 is 19.7 Å². The van der Waals surface area contributed by atoms with Gasteiger partial charge in [0, 0.05) is 25.6 Å². The van der Waals surface area contributed by atoms with Crippen molar-refractivity contribution in [2.45, 2.75) is 44.2 Å². The molecule has 0 aromatic heterocycles. The highest BCUT2D eigenvalue weighted by Crippen LogP contribution is 2.34. The van der Waals surface area contributed by atoms with Gasteiger partial charge in [-0.3, -0.25) is 13.9 Å². The topological polar surface area (TPSA) is 105 Å². The van der Waals surface area contributed by atoms with Gasteiger partial charge in [-0.2, -0.15) is 0 Å². The summed E-state index contributed by atoms with van der Waals surface area (Å²) in [7, 11) is -1.39. The van der Waals surface area contributed by atoms with Gasteiger partial charge in [-0.05, 0) is 60.9 Å². The van der Waals surface area contributed by atoms with Gasteiger partial charge in [0.1, 0.15) is 12.6 Å². The van der Waals surface area contributed by atoms with Crippen LogP contribution >= 0.6 is 23.2 Å². The minimum Gasteiger partial charge on any atom is -0.493 e.